The van der Waals surface area contributed by atoms with E-state index in [0.717, 1.165) is 38.8 Å². The van der Waals surface area contributed by atoms with Gasteiger partial charge in [-0.15, -0.1) is 12.4 Å². The Kier molecular flexibility index (Phi) is 6.72. The SMILES string of the molecule is Cl.NC1C2CCC(C2)C1C(=O)NCCC(=O)N1CCCCCC1. The van der Waals surface area contributed by atoms with Crippen LogP contribution in [0.1, 0.15) is 51.4 Å². The fourth-order valence-electron chi connectivity index (χ4n) is 4.61. The van der Waals surface area contributed by atoms with E-state index in [1.165, 1.54) is 19.3 Å². The van der Waals surface area contributed by atoms with Gasteiger partial charge in [0.25, 0.3) is 0 Å². The summed E-state index contributed by atoms with van der Waals surface area (Å²) in [5.41, 5.74) is 6.19. The normalized spacial score (nSPS) is 33.0. The highest BCUT2D eigenvalue weighted by Crippen LogP contribution is 2.47. The molecule has 2 saturated carbocycles. The van der Waals surface area contributed by atoms with Crippen molar-refractivity contribution in [3.8, 4) is 0 Å². The van der Waals surface area contributed by atoms with Gasteiger partial charge < -0.3 is 16.0 Å². The van der Waals surface area contributed by atoms with Crippen molar-refractivity contribution in [2.75, 3.05) is 19.6 Å². The predicted molar refractivity (Wildman–Crippen MR) is 92.2 cm³/mol. The molecule has 4 unspecified atom stereocenters. The summed E-state index contributed by atoms with van der Waals surface area (Å²) in [7, 11) is 0. The van der Waals surface area contributed by atoms with Crippen LogP contribution in [0.25, 0.3) is 0 Å². The average Bonchev–Trinajstić information content (AvgIpc) is 2.97. The first-order valence-electron chi connectivity index (χ1n) is 8.98. The van der Waals surface area contributed by atoms with Crippen LogP contribution in [0.4, 0.5) is 0 Å². The number of carbonyl (C=O) groups excluding carboxylic acids is 2. The summed E-state index contributed by atoms with van der Waals surface area (Å²) in [4.78, 5) is 26.5. The Hall–Kier alpha value is -0.810. The standard InChI is InChI=1S/C17H29N3O2.ClH/c18-16-13-6-5-12(11-13)15(16)17(22)19-8-7-14(21)20-9-3-1-2-4-10-20;/h12-13,15-16H,1-11,18H2,(H,19,22);1H. The van der Waals surface area contributed by atoms with Crippen molar-refractivity contribution in [2.45, 2.75) is 57.4 Å². The van der Waals surface area contributed by atoms with Gasteiger partial charge in [0.1, 0.15) is 0 Å². The molecule has 4 atom stereocenters. The van der Waals surface area contributed by atoms with Gasteiger partial charge in [-0.25, -0.2) is 0 Å². The van der Waals surface area contributed by atoms with Crippen LogP contribution in [0, 0.1) is 17.8 Å². The van der Waals surface area contributed by atoms with Crippen LogP contribution in [0.15, 0.2) is 0 Å². The smallest absolute Gasteiger partial charge is 0.224 e. The summed E-state index contributed by atoms with van der Waals surface area (Å²) < 4.78 is 0. The Morgan fingerprint density at radius 2 is 1.70 bits per heavy atom. The van der Waals surface area contributed by atoms with Crippen molar-refractivity contribution in [1.29, 1.82) is 0 Å². The molecule has 6 heteroatoms. The Bertz CT molecular complexity index is 422. The number of amides is 2. The molecule has 0 aromatic rings. The van der Waals surface area contributed by atoms with Crippen LogP contribution in [0.3, 0.4) is 0 Å². The second kappa shape index (κ2) is 8.34. The van der Waals surface area contributed by atoms with Gasteiger partial charge in [-0.2, -0.15) is 0 Å². The first-order chi connectivity index (χ1) is 10.7. The first kappa shape index (κ1) is 18.5. The van der Waals surface area contributed by atoms with E-state index < -0.39 is 0 Å². The topological polar surface area (TPSA) is 75.4 Å². The van der Waals surface area contributed by atoms with E-state index in [9.17, 15) is 9.59 Å². The van der Waals surface area contributed by atoms with Crippen molar-refractivity contribution < 1.29 is 9.59 Å². The van der Waals surface area contributed by atoms with Crippen molar-refractivity contribution in [3.63, 3.8) is 0 Å². The zero-order valence-corrected chi connectivity index (χ0v) is 14.7. The third-order valence-electron chi connectivity index (χ3n) is 5.88. The summed E-state index contributed by atoms with van der Waals surface area (Å²) in [5, 5.41) is 2.96. The molecule has 2 bridgehead atoms. The van der Waals surface area contributed by atoms with Gasteiger partial charge in [0.15, 0.2) is 0 Å². The number of nitrogens with two attached hydrogens (primary N) is 1. The van der Waals surface area contributed by atoms with Crippen molar-refractivity contribution in [1.82, 2.24) is 10.2 Å². The summed E-state index contributed by atoms with van der Waals surface area (Å²) >= 11 is 0. The fraction of sp³-hybridized carbons (Fsp3) is 0.882. The number of rotatable bonds is 4. The molecule has 2 amide bonds. The second-order valence-electron chi connectivity index (χ2n) is 7.27. The molecule has 23 heavy (non-hydrogen) atoms. The van der Waals surface area contributed by atoms with E-state index in [-0.39, 0.29) is 36.2 Å². The number of halogens is 1. The molecule has 3 rings (SSSR count). The number of nitrogens with one attached hydrogen (secondary N) is 1. The molecule has 1 aliphatic heterocycles. The number of hydrogen-bond donors (Lipinski definition) is 2. The molecule has 1 saturated heterocycles. The van der Waals surface area contributed by atoms with E-state index in [0.29, 0.717) is 24.8 Å². The lowest BCUT2D eigenvalue weighted by atomic mass is 9.84. The molecule has 1 heterocycles. The van der Waals surface area contributed by atoms with E-state index in [2.05, 4.69) is 5.32 Å². The van der Waals surface area contributed by atoms with E-state index in [4.69, 9.17) is 5.73 Å². The van der Waals surface area contributed by atoms with Gasteiger partial charge in [0, 0.05) is 32.1 Å². The molecule has 2 aliphatic carbocycles. The number of fused-ring (bicyclic) bond motifs is 2. The van der Waals surface area contributed by atoms with E-state index in [1.807, 2.05) is 4.90 Å². The summed E-state index contributed by atoms with van der Waals surface area (Å²) in [6.45, 7) is 2.21. The Labute approximate surface area is 145 Å². The average molecular weight is 344 g/mol. The Balaban J connectivity index is 0.00000192. The molecule has 5 nitrogen and oxygen atoms in total. The van der Waals surface area contributed by atoms with Gasteiger partial charge in [0.2, 0.25) is 11.8 Å². The maximum absolute atomic E-state index is 12.3. The lowest BCUT2D eigenvalue weighted by Crippen LogP contribution is -2.46. The molecule has 132 valence electrons. The minimum atomic E-state index is -0.0213. The molecule has 0 aromatic carbocycles. The van der Waals surface area contributed by atoms with Gasteiger partial charge in [0.05, 0.1) is 5.92 Å². The van der Waals surface area contributed by atoms with Gasteiger partial charge in [-0.3, -0.25) is 9.59 Å². The molecule has 0 radical (unpaired) electrons. The third kappa shape index (κ3) is 4.18. The monoisotopic (exact) mass is 343 g/mol. The van der Waals surface area contributed by atoms with Crippen LogP contribution in [-0.4, -0.2) is 42.4 Å². The van der Waals surface area contributed by atoms with Crippen LogP contribution in [-0.2, 0) is 9.59 Å². The molecular formula is C17H30ClN3O2. The molecule has 3 fully saturated rings. The highest BCUT2D eigenvalue weighted by Gasteiger charge is 2.48. The zero-order valence-electron chi connectivity index (χ0n) is 13.8. The minimum Gasteiger partial charge on any atom is -0.355 e. The first-order valence-corrected chi connectivity index (χ1v) is 8.98. The lowest BCUT2D eigenvalue weighted by Gasteiger charge is -2.27. The summed E-state index contributed by atoms with van der Waals surface area (Å²) in [6.07, 6.45) is 8.53. The van der Waals surface area contributed by atoms with Gasteiger partial charge >= 0.3 is 0 Å². The van der Waals surface area contributed by atoms with Crippen LogP contribution in [0.5, 0.6) is 0 Å². The van der Waals surface area contributed by atoms with Gasteiger partial charge in [-0.1, -0.05) is 12.8 Å². The van der Waals surface area contributed by atoms with Crippen LogP contribution in [0.2, 0.25) is 0 Å². The Morgan fingerprint density at radius 3 is 2.30 bits per heavy atom. The van der Waals surface area contributed by atoms with Crippen LogP contribution >= 0.6 is 12.4 Å². The number of nitrogens with zero attached hydrogens (tertiary/aromatic N) is 1. The fourth-order valence-corrected chi connectivity index (χ4v) is 4.61. The molecule has 3 aliphatic rings. The maximum atomic E-state index is 12.3. The highest BCUT2D eigenvalue weighted by molar-refractivity contribution is 5.85. The minimum absolute atomic E-state index is 0. The summed E-state index contributed by atoms with van der Waals surface area (Å²) in [5.74, 6) is 1.25. The number of hydrogen-bond acceptors (Lipinski definition) is 3. The third-order valence-corrected chi connectivity index (χ3v) is 5.88. The number of likely N-dealkylation sites (tertiary alicyclic amines) is 1. The molecule has 3 N–H and O–H groups in total. The zero-order chi connectivity index (χ0) is 15.5. The lowest BCUT2D eigenvalue weighted by molar-refractivity contribution is -0.131. The highest BCUT2D eigenvalue weighted by atomic mass is 35.5. The Morgan fingerprint density at radius 1 is 1.04 bits per heavy atom. The predicted octanol–water partition coefficient (Wildman–Crippen LogP) is 1.69. The second-order valence-corrected chi connectivity index (χ2v) is 7.27. The van der Waals surface area contributed by atoms with E-state index in [1.54, 1.807) is 0 Å². The summed E-state index contributed by atoms with van der Waals surface area (Å²) in [6, 6.07) is 0.0278. The van der Waals surface area contributed by atoms with Crippen molar-refractivity contribution in [2.24, 2.45) is 23.5 Å². The maximum Gasteiger partial charge on any atom is 0.224 e. The van der Waals surface area contributed by atoms with Crippen LogP contribution < -0.4 is 11.1 Å². The molecular weight excluding hydrogens is 314 g/mol. The van der Waals surface area contributed by atoms with Crippen molar-refractivity contribution in [3.05, 3.63) is 0 Å². The molecule has 0 spiro atoms. The van der Waals surface area contributed by atoms with Crippen molar-refractivity contribution >= 4 is 24.2 Å². The molecule has 0 aromatic heterocycles. The quantitative estimate of drug-likeness (QED) is 0.815. The largest absolute Gasteiger partial charge is 0.355 e. The van der Waals surface area contributed by atoms with Gasteiger partial charge in [-0.05, 0) is 43.9 Å². The number of carbonyl (C=O) groups is 2. The van der Waals surface area contributed by atoms with E-state index >= 15 is 0 Å².